The molecule has 0 unspecified atom stereocenters. The van der Waals surface area contributed by atoms with Crippen molar-refractivity contribution in [2.75, 3.05) is 6.54 Å². The minimum atomic E-state index is -0.647. The Balaban J connectivity index is 1.36. The number of hydrogen-bond donors (Lipinski definition) is 0. The highest BCUT2D eigenvalue weighted by molar-refractivity contribution is 9.10. The molecule has 190 valence electrons. The highest BCUT2D eigenvalue weighted by Gasteiger charge is 2.40. The maximum atomic E-state index is 13.2. The number of fused-ring (bicyclic) bond motifs is 1. The Kier molecular flexibility index (Phi) is 6.43. The lowest BCUT2D eigenvalue weighted by Crippen LogP contribution is -2.32. The van der Waals surface area contributed by atoms with Crippen molar-refractivity contribution in [2.45, 2.75) is 25.7 Å². The molecule has 0 aliphatic carbocycles. The van der Waals surface area contributed by atoms with Gasteiger partial charge in [-0.1, -0.05) is 33.6 Å². The summed E-state index contributed by atoms with van der Waals surface area (Å²) >= 11 is 9.56. The number of hydrogen-bond acceptors (Lipinski definition) is 5. The van der Waals surface area contributed by atoms with Gasteiger partial charge in [0.15, 0.2) is 6.23 Å². The Morgan fingerprint density at radius 3 is 2.66 bits per heavy atom. The average Bonchev–Trinajstić information content (AvgIpc) is 3.58. The highest BCUT2D eigenvalue weighted by Crippen LogP contribution is 2.37. The van der Waals surface area contributed by atoms with Gasteiger partial charge in [-0.15, -0.1) is 0 Å². The fraction of sp³-hybridized carbons (Fsp3) is 0.179. The van der Waals surface area contributed by atoms with Crippen LogP contribution >= 0.6 is 27.5 Å². The number of halogens is 2. The Hall–Kier alpha value is -3.66. The first-order chi connectivity index (χ1) is 18.4. The molecule has 38 heavy (non-hydrogen) atoms. The summed E-state index contributed by atoms with van der Waals surface area (Å²) in [5.74, 6) is -0.348. The van der Waals surface area contributed by atoms with Gasteiger partial charge in [-0.3, -0.25) is 14.6 Å². The van der Waals surface area contributed by atoms with Crippen LogP contribution in [0.5, 0.6) is 0 Å². The summed E-state index contributed by atoms with van der Waals surface area (Å²) in [6.07, 6.45) is 4.31. The monoisotopic (exact) mass is 589 g/mol. The first-order valence-corrected chi connectivity index (χ1v) is 13.2. The Labute approximate surface area is 231 Å². The smallest absolute Gasteiger partial charge is 0.270 e. The molecule has 4 heterocycles. The molecule has 2 atom stereocenters. The van der Waals surface area contributed by atoms with Crippen LogP contribution in [0.25, 0.3) is 23.2 Å². The second-order valence-electron chi connectivity index (χ2n) is 9.12. The van der Waals surface area contributed by atoms with Gasteiger partial charge in [0.2, 0.25) is 0 Å². The van der Waals surface area contributed by atoms with E-state index in [-0.39, 0.29) is 11.8 Å². The summed E-state index contributed by atoms with van der Waals surface area (Å²) in [4.78, 5) is 35.0. The van der Waals surface area contributed by atoms with Gasteiger partial charge in [-0.2, -0.15) is 5.10 Å². The molecule has 2 aliphatic rings. The predicted octanol–water partition coefficient (Wildman–Crippen LogP) is 3.78. The van der Waals surface area contributed by atoms with E-state index in [4.69, 9.17) is 21.4 Å². The van der Waals surface area contributed by atoms with Gasteiger partial charge in [0.05, 0.1) is 21.8 Å². The van der Waals surface area contributed by atoms with Crippen LogP contribution in [-0.2, 0) is 20.7 Å². The molecular weight excluding hydrogens is 570 g/mol. The highest BCUT2D eigenvalue weighted by atomic mass is 79.9. The Morgan fingerprint density at radius 2 is 1.89 bits per heavy atom. The fourth-order valence-corrected chi connectivity index (χ4v) is 5.04. The first kappa shape index (κ1) is 24.7. The Bertz CT molecular complexity index is 1690. The first-order valence-electron chi connectivity index (χ1n) is 12.0. The largest absolute Gasteiger partial charge is 0.341 e. The zero-order chi connectivity index (χ0) is 26.4. The molecule has 1 fully saturated rings. The average molecular weight is 591 g/mol. The van der Waals surface area contributed by atoms with Crippen molar-refractivity contribution >= 4 is 45.4 Å². The molecule has 2 aromatic heterocycles. The lowest BCUT2D eigenvalue weighted by molar-refractivity contribution is -0.130. The van der Waals surface area contributed by atoms with Crippen LogP contribution in [0.3, 0.4) is 0 Å². The summed E-state index contributed by atoms with van der Waals surface area (Å²) in [6.45, 7) is 2.18. The number of nitrogens with zero attached hydrogens (tertiary/aromatic N) is 5. The molecule has 10 heteroatoms. The number of ether oxygens (including phenoxy) is 1. The molecule has 0 radical (unpaired) electrons. The van der Waals surface area contributed by atoms with E-state index in [1.54, 1.807) is 34.8 Å². The number of benzene rings is 2. The summed E-state index contributed by atoms with van der Waals surface area (Å²) < 4.78 is 8.92. The van der Waals surface area contributed by atoms with Crippen LogP contribution in [-0.4, -0.2) is 44.1 Å². The van der Waals surface area contributed by atoms with E-state index in [1.165, 1.54) is 6.08 Å². The van der Waals surface area contributed by atoms with E-state index in [0.29, 0.717) is 34.7 Å². The second kappa shape index (κ2) is 9.90. The van der Waals surface area contributed by atoms with Gasteiger partial charge in [0, 0.05) is 40.3 Å². The van der Waals surface area contributed by atoms with Crippen molar-refractivity contribution in [1.29, 1.82) is 0 Å². The summed E-state index contributed by atoms with van der Waals surface area (Å²) in [5, 5.41) is 6.83. The molecule has 2 amide bonds. The SMILES string of the molecule is C[C@H]1O[C@@H](c2cn(-c3ccc(Br)cc3)nc2-c2ccc(Cl)cn2)N(CCc2ccc3c(c2)=CC(=O)N=3)C1=O. The fourth-order valence-electron chi connectivity index (χ4n) is 4.66. The number of pyridine rings is 1. The van der Waals surface area contributed by atoms with E-state index >= 15 is 0 Å². The maximum absolute atomic E-state index is 13.2. The third kappa shape index (κ3) is 4.69. The van der Waals surface area contributed by atoms with Crippen molar-refractivity contribution in [3.05, 3.63) is 98.2 Å². The van der Waals surface area contributed by atoms with Crippen LogP contribution in [0.4, 0.5) is 0 Å². The van der Waals surface area contributed by atoms with E-state index in [9.17, 15) is 9.59 Å². The maximum Gasteiger partial charge on any atom is 0.270 e. The summed E-state index contributed by atoms with van der Waals surface area (Å²) in [5.41, 5.74) is 3.81. The number of carbonyl (C=O) groups excluding carboxylic acids is 2. The minimum Gasteiger partial charge on any atom is -0.341 e. The van der Waals surface area contributed by atoms with Gasteiger partial charge < -0.3 is 9.64 Å². The second-order valence-corrected chi connectivity index (χ2v) is 10.5. The number of aromatic nitrogens is 3. The van der Waals surface area contributed by atoms with E-state index < -0.39 is 12.3 Å². The summed E-state index contributed by atoms with van der Waals surface area (Å²) in [7, 11) is 0. The molecule has 1 saturated heterocycles. The molecule has 2 aromatic carbocycles. The van der Waals surface area contributed by atoms with Crippen LogP contribution in [0.15, 0.2) is 76.5 Å². The number of amides is 2. The molecule has 0 N–H and O–H groups in total. The molecule has 8 nitrogen and oxygen atoms in total. The molecule has 2 aliphatic heterocycles. The molecular formula is C28H21BrClN5O3. The van der Waals surface area contributed by atoms with Gasteiger partial charge >= 0.3 is 0 Å². The van der Waals surface area contributed by atoms with Crippen LogP contribution < -0.4 is 10.6 Å². The van der Waals surface area contributed by atoms with Gasteiger partial charge in [0.25, 0.3) is 11.8 Å². The van der Waals surface area contributed by atoms with Crippen molar-refractivity contribution in [2.24, 2.45) is 4.99 Å². The van der Waals surface area contributed by atoms with Gasteiger partial charge in [-0.05, 0) is 67.4 Å². The standard InChI is InChI=1S/C28H21BrClN5O3/c1-16-27(37)34(11-10-17-2-8-23-18(12-17)13-25(36)32-23)28(38-16)22-15-35(21-6-3-19(29)4-7-21)33-26(22)24-9-5-20(30)14-31-24/h2-9,12-16,28H,10-11H2,1H3/t16-,28+/m1/s1. The molecule has 6 rings (SSSR count). The lowest BCUT2D eigenvalue weighted by Gasteiger charge is -2.23. The normalized spacial score (nSPS) is 18.4. The predicted molar refractivity (Wildman–Crippen MR) is 145 cm³/mol. The molecule has 0 saturated carbocycles. The number of carbonyl (C=O) groups is 2. The zero-order valence-corrected chi connectivity index (χ0v) is 22.6. The molecule has 0 bridgehead atoms. The van der Waals surface area contributed by atoms with Gasteiger partial charge in [0.1, 0.15) is 11.8 Å². The third-order valence-corrected chi connectivity index (χ3v) is 7.31. The van der Waals surface area contributed by atoms with Crippen LogP contribution in [0, 0.1) is 0 Å². The topological polar surface area (TPSA) is 89.7 Å². The van der Waals surface area contributed by atoms with Gasteiger partial charge in [-0.25, -0.2) is 9.67 Å². The quantitative estimate of drug-likeness (QED) is 0.341. The van der Waals surface area contributed by atoms with E-state index in [2.05, 4.69) is 25.9 Å². The molecule has 4 aromatic rings. The van der Waals surface area contributed by atoms with Crippen molar-refractivity contribution in [3.63, 3.8) is 0 Å². The molecule has 0 spiro atoms. The van der Waals surface area contributed by atoms with Crippen LogP contribution in [0.1, 0.15) is 24.3 Å². The van der Waals surface area contributed by atoms with Crippen molar-refractivity contribution < 1.29 is 14.3 Å². The van der Waals surface area contributed by atoms with Crippen LogP contribution in [0.2, 0.25) is 5.02 Å². The van der Waals surface area contributed by atoms with E-state index in [1.807, 2.05) is 48.7 Å². The number of rotatable bonds is 6. The third-order valence-electron chi connectivity index (χ3n) is 6.56. The summed E-state index contributed by atoms with van der Waals surface area (Å²) in [6, 6.07) is 17.0. The Morgan fingerprint density at radius 1 is 1.08 bits per heavy atom. The van der Waals surface area contributed by atoms with Crippen molar-refractivity contribution in [3.8, 4) is 17.1 Å². The zero-order valence-electron chi connectivity index (χ0n) is 20.2. The lowest BCUT2D eigenvalue weighted by atomic mass is 10.1. The van der Waals surface area contributed by atoms with Crippen molar-refractivity contribution in [1.82, 2.24) is 19.7 Å². The minimum absolute atomic E-state index is 0.0979. The van der Waals surface area contributed by atoms with E-state index in [0.717, 1.165) is 26.5 Å².